The highest BCUT2D eigenvalue weighted by Gasteiger charge is 2.16. The molecule has 0 aromatic heterocycles. The molecule has 0 bridgehead atoms. The largest absolute Gasteiger partial charge is 0.0815 e. The first kappa shape index (κ1) is 10.3. The van der Waals surface area contributed by atoms with Crippen LogP contribution < -0.4 is 0 Å². The van der Waals surface area contributed by atoms with Gasteiger partial charge in [-0.05, 0) is 25.2 Å². The van der Waals surface area contributed by atoms with Crippen molar-refractivity contribution in [1.82, 2.24) is 0 Å². The van der Waals surface area contributed by atoms with E-state index in [9.17, 15) is 0 Å². The third-order valence-electron chi connectivity index (χ3n) is 2.65. The highest BCUT2D eigenvalue weighted by molar-refractivity contribution is 14.1. The van der Waals surface area contributed by atoms with E-state index in [-0.39, 0.29) is 0 Å². The molecular weight excluding hydrogens is 259 g/mol. The van der Waals surface area contributed by atoms with E-state index in [1.165, 1.54) is 16.4 Å². The van der Waals surface area contributed by atoms with Crippen LogP contribution in [0.4, 0.5) is 0 Å². The van der Waals surface area contributed by atoms with Crippen molar-refractivity contribution < 1.29 is 0 Å². The zero-order chi connectivity index (χ0) is 9.14. The zero-order valence-corrected chi connectivity index (χ0v) is 10.3. The normalized spacial score (nSPS) is 23.9. The topological polar surface area (TPSA) is 0 Å². The molecular formula is C11H17I. The summed E-state index contributed by atoms with van der Waals surface area (Å²) in [6.07, 6.45) is 5.95. The van der Waals surface area contributed by atoms with E-state index < -0.39 is 0 Å². The maximum atomic E-state index is 2.46. The molecule has 0 saturated heterocycles. The van der Waals surface area contributed by atoms with Gasteiger partial charge in [0.1, 0.15) is 0 Å². The Morgan fingerprint density at radius 3 is 2.75 bits per heavy atom. The lowest BCUT2D eigenvalue weighted by molar-refractivity contribution is 0.457. The molecule has 0 saturated carbocycles. The van der Waals surface area contributed by atoms with Gasteiger partial charge in [-0.3, -0.25) is 0 Å². The maximum absolute atomic E-state index is 2.46. The van der Waals surface area contributed by atoms with Gasteiger partial charge in [0.05, 0.1) is 0 Å². The third kappa shape index (κ3) is 2.35. The standard InChI is InChI=1S/C11H17I/c1-8(2)10-5-4-9(3)11(6-10)7-12/h4-5,8,10H,6-7H2,1-3H3. The molecule has 0 fully saturated rings. The highest BCUT2D eigenvalue weighted by atomic mass is 127. The van der Waals surface area contributed by atoms with Gasteiger partial charge in [-0.15, -0.1) is 0 Å². The fourth-order valence-corrected chi connectivity index (χ4v) is 2.43. The fraction of sp³-hybridized carbons (Fsp3) is 0.636. The molecule has 1 unspecified atom stereocenters. The van der Waals surface area contributed by atoms with Crippen molar-refractivity contribution in [1.29, 1.82) is 0 Å². The third-order valence-corrected chi connectivity index (χ3v) is 3.57. The zero-order valence-electron chi connectivity index (χ0n) is 8.10. The van der Waals surface area contributed by atoms with Crippen LogP contribution in [0.25, 0.3) is 0 Å². The van der Waals surface area contributed by atoms with Crippen molar-refractivity contribution in [3.8, 4) is 0 Å². The molecule has 0 radical (unpaired) electrons. The molecule has 0 aliphatic heterocycles. The van der Waals surface area contributed by atoms with Crippen molar-refractivity contribution >= 4 is 22.6 Å². The van der Waals surface area contributed by atoms with E-state index in [1.807, 2.05) is 0 Å². The van der Waals surface area contributed by atoms with Gasteiger partial charge in [0, 0.05) is 4.43 Å². The quantitative estimate of drug-likeness (QED) is 0.529. The molecule has 0 nitrogen and oxygen atoms in total. The molecule has 0 spiro atoms. The summed E-state index contributed by atoms with van der Waals surface area (Å²) in [4.78, 5) is 0. The maximum Gasteiger partial charge on any atom is 0.0211 e. The van der Waals surface area contributed by atoms with Gasteiger partial charge in [0.15, 0.2) is 0 Å². The smallest absolute Gasteiger partial charge is 0.0211 e. The Labute approximate surface area is 89.3 Å². The van der Waals surface area contributed by atoms with E-state index in [4.69, 9.17) is 0 Å². The predicted molar refractivity (Wildman–Crippen MR) is 63.7 cm³/mol. The Balaban J connectivity index is 2.70. The van der Waals surface area contributed by atoms with Crippen LogP contribution in [0.15, 0.2) is 23.3 Å². The van der Waals surface area contributed by atoms with Crippen LogP contribution in [0.3, 0.4) is 0 Å². The van der Waals surface area contributed by atoms with Crippen molar-refractivity contribution in [3.63, 3.8) is 0 Å². The van der Waals surface area contributed by atoms with Gasteiger partial charge in [-0.1, -0.05) is 59.7 Å². The first-order valence-corrected chi connectivity index (χ1v) is 6.10. The molecule has 68 valence electrons. The van der Waals surface area contributed by atoms with Crippen LogP contribution in [0.2, 0.25) is 0 Å². The number of rotatable bonds is 2. The Hall–Kier alpha value is 0.210. The van der Waals surface area contributed by atoms with Crippen LogP contribution >= 0.6 is 22.6 Å². The van der Waals surface area contributed by atoms with E-state index in [0.29, 0.717) is 0 Å². The fourth-order valence-electron chi connectivity index (χ4n) is 1.52. The molecule has 1 aliphatic carbocycles. The average Bonchev–Trinajstić information content (AvgIpc) is 2.05. The number of hydrogen-bond acceptors (Lipinski definition) is 0. The van der Waals surface area contributed by atoms with Crippen LogP contribution in [0.5, 0.6) is 0 Å². The Morgan fingerprint density at radius 1 is 1.58 bits per heavy atom. The number of hydrogen-bond donors (Lipinski definition) is 0. The molecule has 1 rings (SSSR count). The van der Waals surface area contributed by atoms with E-state index in [2.05, 4.69) is 55.5 Å². The lowest BCUT2D eigenvalue weighted by atomic mass is 9.84. The Kier molecular flexibility index (Phi) is 3.81. The number of allylic oxidation sites excluding steroid dienone is 4. The second kappa shape index (κ2) is 4.45. The second-order valence-corrected chi connectivity index (χ2v) is 4.65. The molecule has 1 aliphatic rings. The van der Waals surface area contributed by atoms with Gasteiger partial charge in [-0.2, -0.15) is 0 Å². The lowest BCUT2D eigenvalue weighted by Gasteiger charge is -2.23. The Morgan fingerprint density at radius 2 is 2.25 bits per heavy atom. The molecule has 12 heavy (non-hydrogen) atoms. The minimum atomic E-state index is 0.776. The molecule has 1 heteroatoms. The van der Waals surface area contributed by atoms with Crippen molar-refractivity contribution in [2.45, 2.75) is 27.2 Å². The van der Waals surface area contributed by atoms with Gasteiger partial charge < -0.3 is 0 Å². The minimum Gasteiger partial charge on any atom is -0.0815 e. The second-order valence-electron chi connectivity index (χ2n) is 3.89. The monoisotopic (exact) mass is 276 g/mol. The summed E-state index contributed by atoms with van der Waals surface area (Å²) >= 11 is 2.46. The van der Waals surface area contributed by atoms with Gasteiger partial charge in [0.2, 0.25) is 0 Å². The van der Waals surface area contributed by atoms with Crippen molar-refractivity contribution in [2.24, 2.45) is 11.8 Å². The van der Waals surface area contributed by atoms with Crippen molar-refractivity contribution in [2.75, 3.05) is 4.43 Å². The first-order chi connectivity index (χ1) is 5.65. The van der Waals surface area contributed by atoms with Crippen LogP contribution in [-0.2, 0) is 0 Å². The Bertz CT molecular complexity index is 211. The summed E-state index contributed by atoms with van der Waals surface area (Å²) in [6, 6.07) is 0. The molecule has 0 aromatic rings. The molecule has 1 atom stereocenters. The lowest BCUT2D eigenvalue weighted by Crippen LogP contribution is -2.11. The van der Waals surface area contributed by atoms with Crippen LogP contribution in [-0.4, -0.2) is 4.43 Å². The molecule has 0 N–H and O–H groups in total. The summed E-state index contributed by atoms with van der Waals surface area (Å²) < 4.78 is 1.19. The van der Waals surface area contributed by atoms with Gasteiger partial charge in [-0.25, -0.2) is 0 Å². The summed E-state index contributed by atoms with van der Waals surface area (Å²) in [6.45, 7) is 6.84. The van der Waals surface area contributed by atoms with E-state index in [0.717, 1.165) is 11.8 Å². The number of alkyl halides is 1. The van der Waals surface area contributed by atoms with E-state index in [1.54, 1.807) is 5.57 Å². The summed E-state index contributed by atoms with van der Waals surface area (Å²) in [5, 5.41) is 0. The molecule has 0 heterocycles. The summed E-state index contributed by atoms with van der Waals surface area (Å²) in [7, 11) is 0. The summed E-state index contributed by atoms with van der Waals surface area (Å²) in [5.74, 6) is 1.56. The highest BCUT2D eigenvalue weighted by Crippen LogP contribution is 2.29. The van der Waals surface area contributed by atoms with Crippen molar-refractivity contribution in [3.05, 3.63) is 23.3 Å². The minimum absolute atomic E-state index is 0.776. The molecule has 0 amide bonds. The van der Waals surface area contributed by atoms with Gasteiger partial charge in [0.25, 0.3) is 0 Å². The SMILES string of the molecule is CC1=C(CI)CC(C(C)C)C=C1. The van der Waals surface area contributed by atoms with Crippen LogP contribution in [0.1, 0.15) is 27.2 Å². The van der Waals surface area contributed by atoms with Crippen LogP contribution in [0, 0.1) is 11.8 Å². The molecule has 0 aromatic carbocycles. The van der Waals surface area contributed by atoms with Gasteiger partial charge >= 0.3 is 0 Å². The first-order valence-electron chi connectivity index (χ1n) is 4.58. The predicted octanol–water partition coefficient (Wildman–Crippen LogP) is 3.97. The summed E-state index contributed by atoms with van der Waals surface area (Å²) in [5.41, 5.74) is 3.12. The average molecular weight is 276 g/mol. The number of halogens is 1. The van der Waals surface area contributed by atoms with E-state index >= 15 is 0 Å².